The fourth-order valence-corrected chi connectivity index (χ4v) is 1.71. The molecule has 0 radical (unpaired) electrons. The minimum atomic E-state index is -0.865. The summed E-state index contributed by atoms with van der Waals surface area (Å²) in [5.41, 5.74) is 1.25. The van der Waals surface area contributed by atoms with Crippen LogP contribution in [0.5, 0.6) is 5.75 Å². The van der Waals surface area contributed by atoms with Gasteiger partial charge in [0.25, 0.3) is 0 Å². The average molecular weight is 264 g/mol. The molecular formula is C13H13FN2O3. The summed E-state index contributed by atoms with van der Waals surface area (Å²) in [4.78, 5) is 10.5. The van der Waals surface area contributed by atoms with Gasteiger partial charge in [0.05, 0.1) is 13.3 Å². The Hall–Kier alpha value is -2.37. The number of hydrogen-bond donors (Lipinski definition) is 1. The quantitative estimate of drug-likeness (QED) is 0.897. The lowest BCUT2D eigenvalue weighted by Crippen LogP contribution is -1.99. The lowest BCUT2D eigenvalue weighted by Gasteiger charge is -2.07. The Morgan fingerprint density at radius 2 is 2.32 bits per heavy atom. The predicted molar refractivity (Wildman–Crippen MR) is 66.0 cm³/mol. The second-order valence-electron chi connectivity index (χ2n) is 4.00. The Bertz CT molecular complexity index is 595. The fraction of sp³-hybridized carbons (Fsp3) is 0.231. The molecule has 0 fully saturated rings. The number of rotatable bonds is 5. The lowest BCUT2D eigenvalue weighted by molar-refractivity contribution is -0.136. The zero-order valence-corrected chi connectivity index (χ0v) is 10.3. The molecular weight excluding hydrogens is 251 g/mol. The van der Waals surface area contributed by atoms with Crippen LogP contribution in [0.15, 0.2) is 30.6 Å². The molecule has 6 heteroatoms. The molecule has 0 saturated carbocycles. The first-order valence-corrected chi connectivity index (χ1v) is 5.69. The van der Waals surface area contributed by atoms with E-state index in [0.717, 1.165) is 5.56 Å². The molecule has 100 valence electrons. The molecule has 1 aromatic heterocycles. The maximum Gasteiger partial charge on any atom is 0.303 e. The Labute approximate surface area is 109 Å². The van der Waals surface area contributed by atoms with Gasteiger partial charge >= 0.3 is 5.97 Å². The molecule has 19 heavy (non-hydrogen) atoms. The first-order valence-electron chi connectivity index (χ1n) is 5.69. The summed E-state index contributed by atoms with van der Waals surface area (Å²) in [5, 5.41) is 12.7. The van der Waals surface area contributed by atoms with Gasteiger partial charge in [-0.05, 0) is 24.1 Å². The topological polar surface area (TPSA) is 64.3 Å². The van der Waals surface area contributed by atoms with Gasteiger partial charge in [0.2, 0.25) is 0 Å². The predicted octanol–water partition coefficient (Wildman–Crippen LogP) is 2.04. The van der Waals surface area contributed by atoms with Crippen molar-refractivity contribution in [1.29, 1.82) is 0 Å². The van der Waals surface area contributed by atoms with Crippen LogP contribution in [-0.2, 0) is 11.2 Å². The third-order valence-electron chi connectivity index (χ3n) is 2.65. The van der Waals surface area contributed by atoms with E-state index in [9.17, 15) is 9.18 Å². The number of carboxylic acid groups (broad SMARTS) is 1. The normalized spacial score (nSPS) is 10.4. The van der Waals surface area contributed by atoms with Gasteiger partial charge in [-0.3, -0.25) is 4.79 Å². The standard InChI is InChI=1S/C13H13FN2O3/c1-19-12-4-3-10(14)6-11(12)16-8-9(7-15-16)2-5-13(17)18/h3-4,6-8H,2,5H2,1H3,(H,17,18). The van der Waals surface area contributed by atoms with Crippen molar-refractivity contribution in [3.8, 4) is 11.4 Å². The van der Waals surface area contributed by atoms with Gasteiger partial charge in [-0.2, -0.15) is 5.10 Å². The maximum atomic E-state index is 13.3. The van der Waals surface area contributed by atoms with Crippen molar-refractivity contribution in [1.82, 2.24) is 9.78 Å². The number of ether oxygens (including phenoxy) is 1. The summed E-state index contributed by atoms with van der Waals surface area (Å²) in [6.07, 6.45) is 3.65. The highest BCUT2D eigenvalue weighted by molar-refractivity contribution is 5.67. The number of halogens is 1. The van der Waals surface area contributed by atoms with Crippen molar-refractivity contribution < 1.29 is 19.0 Å². The smallest absolute Gasteiger partial charge is 0.303 e. The van der Waals surface area contributed by atoms with Crippen LogP contribution in [-0.4, -0.2) is 28.0 Å². The molecule has 0 aliphatic carbocycles. The summed E-state index contributed by atoms with van der Waals surface area (Å²) < 4.78 is 19.9. The zero-order chi connectivity index (χ0) is 13.8. The Morgan fingerprint density at radius 1 is 1.53 bits per heavy atom. The highest BCUT2D eigenvalue weighted by Crippen LogP contribution is 2.23. The van der Waals surface area contributed by atoms with E-state index < -0.39 is 11.8 Å². The third kappa shape index (κ3) is 3.09. The van der Waals surface area contributed by atoms with Crippen molar-refractivity contribution in [3.63, 3.8) is 0 Å². The van der Waals surface area contributed by atoms with Crippen molar-refractivity contribution in [2.45, 2.75) is 12.8 Å². The molecule has 1 N–H and O–H groups in total. The fourth-order valence-electron chi connectivity index (χ4n) is 1.71. The zero-order valence-electron chi connectivity index (χ0n) is 10.3. The van der Waals surface area contributed by atoms with E-state index in [2.05, 4.69) is 5.10 Å². The number of aliphatic carboxylic acids is 1. The molecule has 2 rings (SSSR count). The minimum absolute atomic E-state index is 0.0337. The monoisotopic (exact) mass is 264 g/mol. The van der Waals surface area contributed by atoms with Crippen molar-refractivity contribution in [2.24, 2.45) is 0 Å². The van der Waals surface area contributed by atoms with Gasteiger partial charge in [-0.25, -0.2) is 9.07 Å². The van der Waals surface area contributed by atoms with Crippen LogP contribution in [0, 0.1) is 5.82 Å². The van der Waals surface area contributed by atoms with Crippen LogP contribution in [0.1, 0.15) is 12.0 Å². The summed E-state index contributed by atoms with van der Waals surface area (Å²) in [6.45, 7) is 0. The third-order valence-corrected chi connectivity index (χ3v) is 2.65. The number of aryl methyl sites for hydroxylation is 1. The maximum absolute atomic E-state index is 13.3. The Kier molecular flexibility index (Phi) is 3.79. The number of aromatic nitrogens is 2. The van der Waals surface area contributed by atoms with Gasteiger partial charge in [0.15, 0.2) is 0 Å². The molecule has 0 amide bonds. The second kappa shape index (κ2) is 5.51. The number of methoxy groups -OCH3 is 1. The number of carbonyl (C=O) groups is 1. The van der Waals surface area contributed by atoms with E-state index in [1.54, 1.807) is 12.4 Å². The molecule has 0 aliphatic heterocycles. The van der Waals surface area contributed by atoms with Crippen LogP contribution in [0.25, 0.3) is 5.69 Å². The number of benzene rings is 1. The Balaban J connectivity index is 2.27. The van der Waals surface area contributed by atoms with Crippen molar-refractivity contribution in [2.75, 3.05) is 7.11 Å². The van der Waals surface area contributed by atoms with Gasteiger partial charge in [-0.1, -0.05) is 0 Å². The molecule has 0 saturated heterocycles. The summed E-state index contributed by atoms with van der Waals surface area (Å²) in [7, 11) is 1.49. The van der Waals surface area contributed by atoms with E-state index in [1.807, 2.05) is 0 Å². The molecule has 0 aliphatic rings. The van der Waals surface area contributed by atoms with Crippen molar-refractivity contribution >= 4 is 5.97 Å². The Morgan fingerprint density at radius 3 is 3.00 bits per heavy atom. The number of carboxylic acids is 1. The second-order valence-corrected chi connectivity index (χ2v) is 4.00. The molecule has 1 heterocycles. The lowest BCUT2D eigenvalue weighted by atomic mass is 10.2. The largest absolute Gasteiger partial charge is 0.494 e. The molecule has 0 unspecified atom stereocenters. The first-order chi connectivity index (χ1) is 9.10. The highest BCUT2D eigenvalue weighted by atomic mass is 19.1. The van der Waals surface area contributed by atoms with Crippen LogP contribution in [0.3, 0.4) is 0 Å². The van der Waals surface area contributed by atoms with Gasteiger partial charge in [-0.15, -0.1) is 0 Å². The first kappa shape index (κ1) is 13.1. The molecule has 0 spiro atoms. The SMILES string of the molecule is COc1ccc(F)cc1-n1cc(CCC(=O)O)cn1. The molecule has 0 atom stereocenters. The van der Waals surface area contributed by atoms with Crippen LogP contribution in [0.4, 0.5) is 4.39 Å². The van der Waals surface area contributed by atoms with Crippen LogP contribution >= 0.6 is 0 Å². The summed E-state index contributed by atoms with van der Waals surface area (Å²) >= 11 is 0. The van der Waals surface area contributed by atoms with E-state index in [4.69, 9.17) is 9.84 Å². The molecule has 5 nitrogen and oxygen atoms in total. The van der Waals surface area contributed by atoms with E-state index >= 15 is 0 Å². The van der Waals surface area contributed by atoms with Gasteiger partial charge < -0.3 is 9.84 Å². The van der Waals surface area contributed by atoms with E-state index in [0.29, 0.717) is 17.9 Å². The van der Waals surface area contributed by atoms with Crippen molar-refractivity contribution in [3.05, 3.63) is 42.0 Å². The van der Waals surface area contributed by atoms with Crippen LogP contribution < -0.4 is 4.74 Å². The molecule has 1 aromatic carbocycles. The average Bonchev–Trinajstić information content (AvgIpc) is 2.85. The molecule has 2 aromatic rings. The molecule has 0 bridgehead atoms. The van der Waals surface area contributed by atoms with Crippen LogP contribution in [0.2, 0.25) is 0 Å². The minimum Gasteiger partial charge on any atom is -0.494 e. The summed E-state index contributed by atoms with van der Waals surface area (Å²) in [6, 6.07) is 4.13. The number of hydrogen-bond acceptors (Lipinski definition) is 3. The van der Waals surface area contributed by atoms with E-state index in [1.165, 1.54) is 30.0 Å². The van der Waals surface area contributed by atoms with E-state index in [-0.39, 0.29) is 6.42 Å². The highest BCUT2D eigenvalue weighted by Gasteiger charge is 2.09. The summed E-state index contributed by atoms with van der Waals surface area (Å²) in [5.74, 6) is -0.760. The van der Waals surface area contributed by atoms with Gasteiger partial charge in [0, 0.05) is 18.7 Å². The van der Waals surface area contributed by atoms with Gasteiger partial charge in [0.1, 0.15) is 17.3 Å². The number of nitrogens with zero attached hydrogens (tertiary/aromatic N) is 2.